The van der Waals surface area contributed by atoms with Crippen LogP contribution in [-0.4, -0.2) is 59.5 Å². The van der Waals surface area contributed by atoms with Crippen LogP contribution in [0.5, 0.6) is 5.75 Å². The van der Waals surface area contributed by atoms with Crippen molar-refractivity contribution in [1.29, 1.82) is 0 Å². The van der Waals surface area contributed by atoms with Gasteiger partial charge in [-0.1, -0.05) is 12.1 Å². The minimum absolute atomic E-state index is 0.0194. The van der Waals surface area contributed by atoms with Crippen molar-refractivity contribution in [2.75, 3.05) is 38.7 Å². The molecule has 4 aromatic rings. The van der Waals surface area contributed by atoms with E-state index in [0.29, 0.717) is 49.0 Å². The van der Waals surface area contributed by atoms with E-state index < -0.39 is 0 Å². The second-order valence-electron chi connectivity index (χ2n) is 7.57. The summed E-state index contributed by atoms with van der Waals surface area (Å²) >= 11 is 1.43. The van der Waals surface area contributed by atoms with E-state index in [1.165, 1.54) is 11.3 Å². The second-order valence-corrected chi connectivity index (χ2v) is 8.40. The fourth-order valence-electron chi connectivity index (χ4n) is 3.71. The number of anilines is 1. The van der Waals surface area contributed by atoms with Gasteiger partial charge in [-0.25, -0.2) is 4.98 Å². The summed E-state index contributed by atoms with van der Waals surface area (Å²) in [5.74, 6) is 0.466. The number of rotatable bonds is 5. The largest absolute Gasteiger partial charge is 0.497 e. The van der Waals surface area contributed by atoms with Gasteiger partial charge >= 0.3 is 0 Å². The summed E-state index contributed by atoms with van der Waals surface area (Å²) in [6.07, 6.45) is 1.87. The number of aromatic nitrogens is 2. The Morgan fingerprint density at radius 3 is 2.67 bits per heavy atom. The number of benzene rings is 2. The summed E-state index contributed by atoms with van der Waals surface area (Å²) < 4.78 is 12.3. The van der Waals surface area contributed by atoms with Crippen LogP contribution in [0.4, 0.5) is 5.69 Å². The SMILES string of the molecule is COc1ccc(C(=O)Nc2cccc(-c3cn4c(C(=O)N5CCOCC5)csc4n3)c2)cc1. The predicted molar refractivity (Wildman–Crippen MR) is 126 cm³/mol. The molecule has 9 heteroatoms. The second kappa shape index (κ2) is 9.05. The molecule has 2 aromatic carbocycles. The summed E-state index contributed by atoms with van der Waals surface area (Å²) in [7, 11) is 1.59. The highest BCUT2D eigenvalue weighted by molar-refractivity contribution is 7.15. The highest BCUT2D eigenvalue weighted by atomic mass is 32.1. The number of hydrogen-bond acceptors (Lipinski definition) is 6. The molecular weight excluding hydrogens is 440 g/mol. The van der Waals surface area contributed by atoms with Crippen molar-refractivity contribution < 1.29 is 19.1 Å². The predicted octanol–water partition coefficient (Wildman–Crippen LogP) is 3.80. The Balaban J connectivity index is 1.36. The fraction of sp³-hybridized carbons (Fsp3) is 0.208. The molecule has 2 amide bonds. The van der Waals surface area contributed by atoms with Gasteiger partial charge in [0.25, 0.3) is 11.8 Å². The van der Waals surface area contributed by atoms with Gasteiger partial charge in [-0.05, 0) is 36.4 Å². The molecule has 0 saturated carbocycles. The molecule has 1 aliphatic rings. The van der Waals surface area contributed by atoms with Gasteiger partial charge in [0.05, 0.1) is 26.0 Å². The van der Waals surface area contributed by atoms with Gasteiger partial charge in [0.15, 0.2) is 4.96 Å². The van der Waals surface area contributed by atoms with Gasteiger partial charge in [0, 0.05) is 41.5 Å². The Hall–Kier alpha value is -3.69. The summed E-state index contributed by atoms with van der Waals surface area (Å²) in [5, 5.41) is 4.76. The van der Waals surface area contributed by atoms with E-state index in [1.807, 2.05) is 40.2 Å². The number of carbonyl (C=O) groups is 2. The molecule has 1 fully saturated rings. The van der Waals surface area contributed by atoms with Crippen molar-refractivity contribution in [3.8, 4) is 17.0 Å². The molecule has 0 aliphatic carbocycles. The maximum atomic E-state index is 12.9. The Morgan fingerprint density at radius 2 is 1.91 bits per heavy atom. The lowest BCUT2D eigenvalue weighted by Crippen LogP contribution is -2.41. The van der Waals surface area contributed by atoms with E-state index in [4.69, 9.17) is 9.47 Å². The molecule has 1 aliphatic heterocycles. The number of nitrogens with zero attached hydrogens (tertiary/aromatic N) is 3. The number of imidazole rings is 1. The number of thiazole rings is 1. The zero-order valence-corrected chi connectivity index (χ0v) is 18.8. The first-order valence-electron chi connectivity index (χ1n) is 10.5. The van der Waals surface area contributed by atoms with Gasteiger partial charge in [-0.2, -0.15) is 0 Å². The quantitative estimate of drug-likeness (QED) is 0.488. The molecular formula is C24H22N4O4S. The Morgan fingerprint density at radius 1 is 1.12 bits per heavy atom. The van der Waals surface area contributed by atoms with Crippen LogP contribution in [0.2, 0.25) is 0 Å². The summed E-state index contributed by atoms with van der Waals surface area (Å²) in [5.41, 5.74) is 3.38. The molecule has 0 radical (unpaired) electrons. The minimum atomic E-state index is -0.209. The molecule has 0 spiro atoms. The molecule has 5 rings (SSSR count). The zero-order valence-electron chi connectivity index (χ0n) is 18.0. The number of ether oxygens (including phenoxy) is 2. The molecule has 0 unspecified atom stereocenters. The van der Waals surface area contributed by atoms with Crippen LogP contribution < -0.4 is 10.1 Å². The van der Waals surface area contributed by atoms with Gasteiger partial charge in [-0.15, -0.1) is 11.3 Å². The lowest BCUT2D eigenvalue weighted by atomic mass is 10.1. The third kappa shape index (κ3) is 4.33. The summed E-state index contributed by atoms with van der Waals surface area (Å²) in [4.78, 5) is 32.8. The average molecular weight is 463 g/mol. The van der Waals surface area contributed by atoms with E-state index in [2.05, 4.69) is 10.3 Å². The molecule has 0 atom stereocenters. The minimum Gasteiger partial charge on any atom is -0.497 e. The van der Waals surface area contributed by atoms with Gasteiger partial charge in [0.1, 0.15) is 11.4 Å². The van der Waals surface area contributed by atoms with Crippen LogP contribution in [-0.2, 0) is 4.74 Å². The van der Waals surface area contributed by atoms with Crippen LogP contribution in [0.15, 0.2) is 60.1 Å². The monoisotopic (exact) mass is 462 g/mol. The van der Waals surface area contributed by atoms with E-state index in [9.17, 15) is 9.59 Å². The lowest BCUT2D eigenvalue weighted by molar-refractivity contribution is 0.0298. The van der Waals surface area contributed by atoms with Crippen LogP contribution in [0.3, 0.4) is 0 Å². The Labute approximate surface area is 194 Å². The highest BCUT2D eigenvalue weighted by Crippen LogP contribution is 2.26. The third-order valence-corrected chi connectivity index (χ3v) is 6.33. The number of carbonyl (C=O) groups excluding carboxylic acids is 2. The van der Waals surface area contributed by atoms with Crippen molar-refractivity contribution in [3.63, 3.8) is 0 Å². The average Bonchev–Trinajstić information content (AvgIpc) is 3.46. The van der Waals surface area contributed by atoms with Crippen molar-refractivity contribution in [2.24, 2.45) is 0 Å². The van der Waals surface area contributed by atoms with Crippen LogP contribution in [0.25, 0.3) is 16.2 Å². The molecule has 1 saturated heterocycles. The fourth-order valence-corrected chi connectivity index (χ4v) is 4.55. The Kier molecular flexibility index (Phi) is 5.80. The molecule has 2 aromatic heterocycles. The number of hydrogen-bond donors (Lipinski definition) is 1. The number of amides is 2. The van der Waals surface area contributed by atoms with Gasteiger partial charge in [0.2, 0.25) is 0 Å². The van der Waals surface area contributed by atoms with Gasteiger partial charge in [-0.3, -0.25) is 14.0 Å². The molecule has 168 valence electrons. The maximum absolute atomic E-state index is 12.9. The number of fused-ring (bicyclic) bond motifs is 1. The maximum Gasteiger partial charge on any atom is 0.271 e. The van der Waals surface area contributed by atoms with Crippen LogP contribution in [0, 0.1) is 0 Å². The lowest BCUT2D eigenvalue weighted by Gasteiger charge is -2.26. The molecule has 1 N–H and O–H groups in total. The zero-order chi connectivity index (χ0) is 22.8. The third-order valence-electron chi connectivity index (χ3n) is 5.49. The molecule has 3 heterocycles. The normalized spacial score (nSPS) is 13.8. The topological polar surface area (TPSA) is 85.2 Å². The molecule has 8 nitrogen and oxygen atoms in total. The first kappa shape index (κ1) is 21.2. The van der Waals surface area contributed by atoms with Crippen molar-refractivity contribution in [3.05, 3.63) is 71.4 Å². The highest BCUT2D eigenvalue weighted by Gasteiger charge is 2.22. The number of nitrogens with one attached hydrogen (secondary N) is 1. The molecule has 0 bridgehead atoms. The van der Waals surface area contributed by atoms with Crippen molar-refractivity contribution in [1.82, 2.24) is 14.3 Å². The van der Waals surface area contributed by atoms with E-state index >= 15 is 0 Å². The Bertz CT molecular complexity index is 1310. The first-order chi connectivity index (χ1) is 16.1. The summed E-state index contributed by atoms with van der Waals surface area (Å²) in [6, 6.07) is 14.4. The van der Waals surface area contributed by atoms with Crippen molar-refractivity contribution in [2.45, 2.75) is 0 Å². The van der Waals surface area contributed by atoms with Crippen LogP contribution in [0.1, 0.15) is 20.8 Å². The standard InChI is InChI=1S/C24H22N4O4S/c1-31-19-7-5-16(6-8-19)22(29)25-18-4-2-3-17(13-18)20-14-28-21(15-33-24(28)26-20)23(30)27-9-11-32-12-10-27/h2-8,13-15H,9-12H2,1H3,(H,25,29). The van der Waals surface area contributed by atoms with E-state index in [-0.39, 0.29) is 11.8 Å². The van der Waals surface area contributed by atoms with Crippen molar-refractivity contribution >= 4 is 33.8 Å². The smallest absolute Gasteiger partial charge is 0.271 e. The van der Waals surface area contributed by atoms with E-state index in [1.54, 1.807) is 36.3 Å². The number of morpholine rings is 1. The molecule has 33 heavy (non-hydrogen) atoms. The summed E-state index contributed by atoms with van der Waals surface area (Å²) in [6.45, 7) is 2.30. The van der Waals surface area contributed by atoms with Gasteiger partial charge < -0.3 is 19.7 Å². The van der Waals surface area contributed by atoms with E-state index in [0.717, 1.165) is 16.2 Å². The number of methoxy groups -OCH3 is 1. The first-order valence-corrected chi connectivity index (χ1v) is 11.4. The van der Waals surface area contributed by atoms with Crippen LogP contribution >= 0.6 is 11.3 Å².